The topological polar surface area (TPSA) is 165 Å². The Morgan fingerprint density at radius 2 is 0.684 bits per heavy atom. The number of carbonyl (C=O) groups is 4. The molecule has 0 saturated carbocycles. The Hall–Kier alpha value is -9.61. The first-order valence-electron chi connectivity index (χ1n) is 40.3. The van der Waals surface area contributed by atoms with Gasteiger partial charge in [-0.15, -0.1) is 0 Å². The highest BCUT2D eigenvalue weighted by Crippen LogP contribution is 2.52. The quantitative estimate of drug-likeness (QED) is 0.0329. The van der Waals surface area contributed by atoms with Crippen LogP contribution in [-0.4, -0.2) is 105 Å². The average molecular weight is 1600 g/mol. The van der Waals surface area contributed by atoms with Gasteiger partial charge in [0.25, 0.3) is 42.7 Å². The number of amides is 3. The standard InChI is InChI=1S/C36H41FN2O2Si.C29H37FN2O3Si.C29H35FN2O3Si/c1-23(2)42(24(3)4,25(5)6)41-35-33-32(22-39(7)36(33)40)30(18-15-26-11-9-8-10-12-26)31-20-28(21-38-34(31)35)19-27-13-16-29(37)17-14-27;2*1-17(2)36(18(3)4,19(5)6)35-28-26-24(15-32(7)29(26)34)25(16-33)23-13-21(14-31-27(23)28)12-20-8-10-22(30)11-9-20/h8-18,20-21,23-25H,19,22H2,1-7H3;8-11,13-14,17-19,33H,12,15-16H2,1-7H3;8-11,13-14,16-19H,12,15H2,1-7H3/b18-15+;;. The van der Waals surface area contributed by atoms with Gasteiger partial charge in [-0.3, -0.25) is 34.1 Å². The Kier molecular flexibility index (Phi) is 26.1. The molecule has 0 bridgehead atoms. The van der Waals surface area contributed by atoms with Crippen molar-refractivity contribution in [1.29, 1.82) is 0 Å². The summed E-state index contributed by atoms with van der Waals surface area (Å²) in [4.78, 5) is 72.7. The summed E-state index contributed by atoms with van der Waals surface area (Å²) in [5.74, 6) is 0.695. The Morgan fingerprint density at radius 1 is 0.395 bits per heavy atom. The number of carbonyl (C=O) groups excluding carboxylic acids is 4. The Bertz CT molecular complexity index is 5200. The summed E-state index contributed by atoms with van der Waals surface area (Å²) in [5.41, 5.74) is 18.1. The lowest BCUT2D eigenvalue weighted by Gasteiger charge is -2.42. The monoisotopic (exact) mass is 1590 g/mol. The second kappa shape index (κ2) is 34.8. The van der Waals surface area contributed by atoms with Gasteiger partial charge < -0.3 is 33.1 Å². The molecule has 0 fully saturated rings. The summed E-state index contributed by atoms with van der Waals surface area (Å²) < 4.78 is 61.9. The van der Waals surface area contributed by atoms with Crippen LogP contribution in [0.2, 0.25) is 49.9 Å². The molecule has 10 aromatic rings. The van der Waals surface area contributed by atoms with Crippen LogP contribution in [0.5, 0.6) is 17.2 Å². The first-order valence-corrected chi connectivity index (χ1v) is 46.7. The fraction of sp³-hybridized carbons (Fsp3) is 0.394. The van der Waals surface area contributed by atoms with Crippen LogP contribution in [0.4, 0.5) is 13.2 Å². The zero-order valence-corrected chi connectivity index (χ0v) is 73.3. The molecular formula is C94H113F3N6O8Si3. The number of hydrogen-bond acceptors (Lipinski definition) is 11. The average Bonchev–Trinajstić information content (AvgIpc) is 1.49. The van der Waals surface area contributed by atoms with E-state index < -0.39 is 25.0 Å². The minimum Gasteiger partial charge on any atom is -0.541 e. The molecule has 3 amide bonds. The number of benzene rings is 7. The fourth-order valence-electron chi connectivity index (χ4n) is 19.0. The van der Waals surface area contributed by atoms with Crippen LogP contribution in [0.15, 0.2) is 140 Å². The van der Waals surface area contributed by atoms with E-state index in [-0.39, 0.29) is 41.8 Å². The molecule has 3 aliphatic rings. The number of aliphatic hydroxyl groups excluding tert-OH is 1. The van der Waals surface area contributed by atoms with Crippen LogP contribution < -0.4 is 13.3 Å². The highest BCUT2D eigenvalue weighted by molar-refractivity contribution is 6.79. The van der Waals surface area contributed by atoms with Crippen molar-refractivity contribution in [2.24, 2.45) is 0 Å². The van der Waals surface area contributed by atoms with E-state index in [9.17, 15) is 37.5 Å². The van der Waals surface area contributed by atoms with Gasteiger partial charge in [-0.25, -0.2) is 13.2 Å². The maximum atomic E-state index is 13.8. The molecule has 0 spiro atoms. The third-order valence-corrected chi connectivity index (χ3v) is 42.2. The molecule has 3 aromatic heterocycles. The predicted molar refractivity (Wildman–Crippen MR) is 462 cm³/mol. The van der Waals surface area contributed by atoms with Gasteiger partial charge in [-0.1, -0.05) is 204 Å². The van der Waals surface area contributed by atoms with Crippen LogP contribution in [0.25, 0.3) is 44.9 Å². The van der Waals surface area contributed by atoms with Crippen molar-refractivity contribution in [3.8, 4) is 17.2 Å². The van der Waals surface area contributed by atoms with Crippen molar-refractivity contribution >= 4 is 93.8 Å². The van der Waals surface area contributed by atoms with Crippen molar-refractivity contribution in [2.75, 3.05) is 21.1 Å². The van der Waals surface area contributed by atoms with E-state index in [4.69, 9.17) is 28.2 Å². The van der Waals surface area contributed by atoms with Gasteiger partial charge in [0.15, 0.2) is 6.29 Å². The summed E-state index contributed by atoms with van der Waals surface area (Å²) in [5, 5.41) is 12.9. The van der Waals surface area contributed by atoms with Crippen molar-refractivity contribution < 1.29 is 50.7 Å². The van der Waals surface area contributed by atoms with Crippen LogP contribution in [0.3, 0.4) is 0 Å². The number of aldehydes is 1. The van der Waals surface area contributed by atoms with E-state index in [1.807, 2.05) is 55.7 Å². The van der Waals surface area contributed by atoms with Crippen molar-refractivity contribution in [3.05, 3.63) is 246 Å². The first kappa shape index (κ1) is 85.3. The van der Waals surface area contributed by atoms with E-state index in [1.165, 1.54) is 36.4 Å². The van der Waals surface area contributed by atoms with E-state index in [0.29, 0.717) is 150 Å². The predicted octanol–water partition coefficient (Wildman–Crippen LogP) is 22.8. The largest absolute Gasteiger partial charge is 0.541 e. The molecule has 0 radical (unpaired) electrons. The summed E-state index contributed by atoms with van der Waals surface area (Å²) in [6, 6.07) is 35.8. The number of aromatic nitrogens is 3. The van der Waals surface area contributed by atoms with E-state index >= 15 is 0 Å². The van der Waals surface area contributed by atoms with Gasteiger partial charge in [0.1, 0.15) is 51.3 Å². The molecule has 0 unspecified atom stereocenters. The molecule has 0 aliphatic carbocycles. The number of pyridine rings is 3. The van der Waals surface area contributed by atoms with Crippen LogP contribution in [-0.2, 0) is 45.5 Å². The highest BCUT2D eigenvalue weighted by Gasteiger charge is 2.52. The zero-order chi connectivity index (χ0) is 82.9. The Morgan fingerprint density at radius 3 is 1.00 bits per heavy atom. The van der Waals surface area contributed by atoms with Crippen LogP contribution >= 0.6 is 0 Å². The number of nitrogens with zero attached hydrogens (tertiary/aromatic N) is 6. The highest BCUT2D eigenvalue weighted by atomic mass is 28.4. The molecule has 13 rings (SSSR count). The number of rotatable bonds is 25. The molecule has 6 heterocycles. The maximum absolute atomic E-state index is 13.8. The molecule has 114 heavy (non-hydrogen) atoms. The number of hydrogen-bond donors (Lipinski definition) is 1. The minimum atomic E-state index is -2.42. The summed E-state index contributed by atoms with van der Waals surface area (Å²) in [6.45, 7) is 41.2. The molecule has 14 nitrogen and oxygen atoms in total. The van der Waals surface area contributed by atoms with Crippen LogP contribution in [0, 0.1) is 17.5 Å². The lowest BCUT2D eigenvalue weighted by Crippen LogP contribution is -2.51. The third kappa shape index (κ3) is 16.4. The zero-order valence-electron chi connectivity index (χ0n) is 70.3. The van der Waals surface area contributed by atoms with Gasteiger partial charge in [-0.05, 0) is 190 Å². The number of fused-ring (bicyclic) bond motifs is 6. The van der Waals surface area contributed by atoms with Gasteiger partial charge in [0, 0.05) is 81.1 Å². The smallest absolute Gasteiger partial charge is 0.258 e. The number of aliphatic hydroxyl groups is 1. The molecule has 0 atom stereocenters. The second-order valence-electron chi connectivity index (χ2n) is 34.2. The van der Waals surface area contributed by atoms with E-state index in [0.717, 1.165) is 83.8 Å². The van der Waals surface area contributed by atoms with Crippen LogP contribution in [0.1, 0.15) is 233 Å². The van der Waals surface area contributed by atoms with Crippen molar-refractivity contribution in [1.82, 2.24) is 29.7 Å². The lowest BCUT2D eigenvalue weighted by molar-refractivity contribution is 0.0807. The fourth-order valence-corrected chi connectivity index (χ4v) is 34.8. The van der Waals surface area contributed by atoms with Crippen molar-refractivity contribution in [2.45, 2.75) is 220 Å². The molecule has 1 N–H and O–H groups in total. The van der Waals surface area contributed by atoms with Gasteiger partial charge in [-0.2, -0.15) is 0 Å². The second-order valence-corrected chi connectivity index (χ2v) is 50.4. The van der Waals surface area contributed by atoms with E-state index in [2.05, 4.69) is 155 Å². The third-order valence-electron chi connectivity index (χ3n) is 24.3. The maximum Gasteiger partial charge on any atom is 0.258 e. The SMILES string of the molecule is CC(C)[Si](Oc1c2c(c(/C=C/c3ccccc3)c3cc(Cc4ccc(F)cc4)cnc13)CN(C)C2=O)(C(C)C)C(C)C.CC(C)[Si](Oc1c2c(c(C=O)c3cc(Cc4ccc(F)cc4)cnc13)CN(C)C2=O)(C(C)C)C(C)C.CC(C)[Si](Oc1c2c(c(CO)c3cc(Cc4ccc(F)cc4)cnc13)CN(C)C2=O)(C(C)C)C(C)C. The molecular weight excluding hydrogens is 1480 g/mol. The molecule has 7 aromatic carbocycles. The summed E-state index contributed by atoms with van der Waals surface area (Å²) in [7, 11) is -1.85. The van der Waals surface area contributed by atoms with Gasteiger partial charge in [0.2, 0.25) is 0 Å². The van der Waals surface area contributed by atoms with E-state index in [1.54, 1.807) is 65.5 Å². The molecule has 600 valence electrons. The number of halogens is 3. The summed E-state index contributed by atoms with van der Waals surface area (Å²) >= 11 is 0. The first-order chi connectivity index (χ1) is 54.0. The lowest BCUT2D eigenvalue weighted by atomic mass is 9.94. The Balaban J connectivity index is 0.000000169. The molecule has 3 aliphatic heterocycles. The van der Waals surface area contributed by atoms with Crippen molar-refractivity contribution in [3.63, 3.8) is 0 Å². The van der Waals surface area contributed by atoms with Gasteiger partial charge in [0.05, 0.1) is 23.3 Å². The summed E-state index contributed by atoms with van der Waals surface area (Å²) in [6.07, 6.45) is 12.3. The Labute approximate surface area is 675 Å². The molecule has 0 saturated heterocycles. The normalized spacial score (nSPS) is 13.9. The minimum absolute atomic E-state index is 0.0207. The molecule has 20 heteroatoms. The van der Waals surface area contributed by atoms with Gasteiger partial charge >= 0.3 is 0 Å².